The van der Waals surface area contributed by atoms with Crippen LogP contribution in [-0.2, 0) is 6.42 Å². The van der Waals surface area contributed by atoms with Crippen molar-refractivity contribution in [3.63, 3.8) is 0 Å². The summed E-state index contributed by atoms with van der Waals surface area (Å²) in [4.78, 5) is 16.9. The van der Waals surface area contributed by atoms with Gasteiger partial charge >= 0.3 is 0 Å². The van der Waals surface area contributed by atoms with Crippen molar-refractivity contribution in [1.82, 2.24) is 9.80 Å². The number of nitrogens with zero attached hydrogens (tertiary/aromatic N) is 2. The average molecular weight is 373 g/mol. The summed E-state index contributed by atoms with van der Waals surface area (Å²) in [5, 5.41) is 0.636. The highest BCUT2D eigenvalue weighted by Crippen LogP contribution is 2.23. The molecule has 0 spiro atoms. The third-order valence-corrected chi connectivity index (χ3v) is 5.08. The highest BCUT2D eigenvalue weighted by atomic mass is 35.5. The number of para-hydroxylation sites is 1. The van der Waals surface area contributed by atoms with E-state index in [2.05, 4.69) is 11.8 Å². The molecule has 3 rings (SSSR count). The van der Waals surface area contributed by atoms with Crippen LogP contribution >= 0.6 is 11.6 Å². The molecule has 0 radical (unpaired) electrons. The number of amides is 1. The normalized spacial score (nSPS) is 15.1. The minimum Gasteiger partial charge on any atom is -0.491 e. The molecule has 1 aliphatic rings. The molecule has 1 heterocycles. The van der Waals surface area contributed by atoms with Gasteiger partial charge in [0.15, 0.2) is 0 Å². The van der Waals surface area contributed by atoms with Crippen molar-refractivity contribution in [2.45, 2.75) is 13.3 Å². The predicted molar refractivity (Wildman–Crippen MR) is 105 cm³/mol. The van der Waals surface area contributed by atoms with Gasteiger partial charge in [0.25, 0.3) is 5.91 Å². The van der Waals surface area contributed by atoms with E-state index in [9.17, 15) is 4.79 Å². The lowest BCUT2D eigenvalue weighted by molar-refractivity contribution is 0.0620. The summed E-state index contributed by atoms with van der Waals surface area (Å²) in [6.45, 7) is 6.77. The second kappa shape index (κ2) is 9.06. The van der Waals surface area contributed by atoms with E-state index in [1.807, 2.05) is 53.4 Å². The maximum atomic E-state index is 12.6. The van der Waals surface area contributed by atoms with E-state index in [0.717, 1.165) is 50.5 Å². The largest absolute Gasteiger partial charge is 0.491 e. The van der Waals surface area contributed by atoms with Gasteiger partial charge in [-0.2, -0.15) is 0 Å². The molecule has 26 heavy (non-hydrogen) atoms. The first-order valence-electron chi connectivity index (χ1n) is 9.15. The van der Waals surface area contributed by atoms with Crippen molar-refractivity contribution in [2.75, 3.05) is 39.3 Å². The number of aryl methyl sites for hydroxylation is 1. The van der Waals surface area contributed by atoms with Gasteiger partial charge in [-0.3, -0.25) is 9.69 Å². The zero-order valence-electron chi connectivity index (χ0n) is 15.2. The van der Waals surface area contributed by atoms with Gasteiger partial charge in [0, 0.05) is 38.3 Å². The van der Waals surface area contributed by atoms with Crippen LogP contribution in [0.5, 0.6) is 5.75 Å². The number of hydrogen-bond donors (Lipinski definition) is 0. The third-order valence-electron chi connectivity index (χ3n) is 4.77. The molecule has 2 aromatic rings. The molecule has 1 amide bonds. The number of carbonyl (C=O) groups is 1. The van der Waals surface area contributed by atoms with Crippen LogP contribution in [0, 0.1) is 0 Å². The Kier molecular flexibility index (Phi) is 6.53. The lowest BCUT2D eigenvalue weighted by Gasteiger charge is -2.34. The van der Waals surface area contributed by atoms with E-state index in [1.165, 1.54) is 5.56 Å². The van der Waals surface area contributed by atoms with Gasteiger partial charge in [-0.1, -0.05) is 42.8 Å². The first-order valence-corrected chi connectivity index (χ1v) is 9.53. The second-order valence-electron chi connectivity index (χ2n) is 6.46. The molecule has 1 fully saturated rings. The Bertz CT molecular complexity index is 725. The summed E-state index contributed by atoms with van der Waals surface area (Å²) in [7, 11) is 0. The van der Waals surface area contributed by atoms with E-state index in [4.69, 9.17) is 16.3 Å². The van der Waals surface area contributed by atoms with E-state index in [0.29, 0.717) is 11.6 Å². The predicted octanol–water partition coefficient (Wildman–Crippen LogP) is 3.74. The monoisotopic (exact) mass is 372 g/mol. The number of rotatable bonds is 6. The van der Waals surface area contributed by atoms with Gasteiger partial charge in [-0.05, 0) is 36.2 Å². The van der Waals surface area contributed by atoms with E-state index >= 15 is 0 Å². The Morgan fingerprint density at radius 1 is 1.04 bits per heavy atom. The van der Waals surface area contributed by atoms with Crippen LogP contribution in [0.2, 0.25) is 5.02 Å². The van der Waals surface area contributed by atoms with Gasteiger partial charge in [0.2, 0.25) is 0 Å². The van der Waals surface area contributed by atoms with E-state index < -0.39 is 0 Å². The van der Waals surface area contributed by atoms with Gasteiger partial charge in [-0.15, -0.1) is 0 Å². The first-order chi connectivity index (χ1) is 12.7. The molecule has 0 saturated carbocycles. The van der Waals surface area contributed by atoms with Gasteiger partial charge in [0.1, 0.15) is 12.4 Å². The highest BCUT2D eigenvalue weighted by Gasteiger charge is 2.22. The first kappa shape index (κ1) is 18.7. The number of carbonyl (C=O) groups excluding carboxylic acids is 1. The summed E-state index contributed by atoms with van der Waals surface area (Å²) in [5.74, 6) is 0.845. The Morgan fingerprint density at radius 2 is 1.73 bits per heavy atom. The molecule has 1 saturated heterocycles. The molecule has 1 aliphatic heterocycles. The number of hydrogen-bond acceptors (Lipinski definition) is 3. The van der Waals surface area contributed by atoms with Crippen LogP contribution in [0.4, 0.5) is 0 Å². The molecular formula is C21H25ClN2O2. The smallest absolute Gasteiger partial charge is 0.253 e. The minimum absolute atomic E-state index is 0.125. The Hall–Kier alpha value is -2.04. The molecule has 5 heteroatoms. The van der Waals surface area contributed by atoms with Crippen molar-refractivity contribution in [3.05, 3.63) is 64.7 Å². The van der Waals surface area contributed by atoms with Crippen molar-refractivity contribution in [3.8, 4) is 5.75 Å². The van der Waals surface area contributed by atoms with Gasteiger partial charge < -0.3 is 9.64 Å². The average Bonchev–Trinajstić information content (AvgIpc) is 2.69. The topological polar surface area (TPSA) is 32.8 Å². The van der Waals surface area contributed by atoms with Crippen LogP contribution in [-0.4, -0.2) is 55.0 Å². The summed E-state index contributed by atoms with van der Waals surface area (Å²) >= 11 is 6.09. The molecule has 0 aromatic heterocycles. The van der Waals surface area contributed by atoms with Crippen LogP contribution in [0.25, 0.3) is 0 Å². The summed E-state index contributed by atoms with van der Waals surface area (Å²) < 4.78 is 5.75. The molecule has 0 atom stereocenters. The van der Waals surface area contributed by atoms with E-state index in [1.54, 1.807) is 0 Å². The summed E-state index contributed by atoms with van der Waals surface area (Å²) in [6, 6.07) is 15.5. The fraction of sp³-hybridized carbons (Fsp3) is 0.381. The zero-order chi connectivity index (χ0) is 18.4. The van der Waals surface area contributed by atoms with Crippen molar-refractivity contribution < 1.29 is 9.53 Å². The van der Waals surface area contributed by atoms with Crippen LogP contribution in [0.15, 0.2) is 48.5 Å². The quantitative estimate of drug-likeness (QED) is 0.774. The lowest BCUT2D eigenvalue weighted by Crippen LogP contribution is -2.49. The standard InChI is InChI=1S/C21H25ClN2O2/c1-2-17-7-9-18(10-8-17)21(25)24-13-11-23(12-14-24)15-16-26-20-6-4-3-5-19(20)22/h3-10H,2,11-16H2,1H3. The number of piperazine rings is 1. The van der Waals surface area contributed by atoms with Crippen LogP contribution < -0.4 is 4.74 Å². The Balaban J connectivity index is 1.43. The SMILES string of the molecule is CCc1ccc(C(=O)N2CCN(CCOc3ccccc3Cl)CC2)cc1. The number of halogens is 1. The van der Waals surface area contributed by atoms with Gasteiger partial charge in [-0.25, -0.2) is 0 Å². The van der Waals surface area contributed by atoms with Gasteiger partial charge in [0.05, 0.1) is 5.02 Å². The molecule has 0 aliphatic carbocycles. The highest BCUT2D eigenvalue weighted by molar-refractivity contribution is 6.32. The molecule has 0 unspecified atom stereocenters. The van der Waals surface area contributed by atoms with Crippen molar-refractivity contribution >= 4 is 17.5 Å². The molecule has 4 nitrogen and oxygen atoms in total. The number of ether oxygens (including phenoxy) is 1. The molecule has 138 valence electrons. The maximum absolute atomic E-state index is 12.6. The lowest BCUT2D eigenvalue weighted by atomic mass is 10.1. The molecule has 2 aromatic carbocycles. The number of benzene rings is 2. The zero-order valence-corrected chi connectivity index (χ0v) is 15.9. The van der Waals surface area contributed by atoms with Crippen molar-refractivity contribution in [2.24, 2.45) is 0 Å². The summed E-state index contributed by atoms with van der Waals surface area (Å²) in [6.07, 6.45) is 0.989. The second-order valence-corrected chi connectivity index (χ2v) is 6.87. The Morgan fingerprint density at radius 3 is 2.38 bits per heavy atom. The summed E-state index contributed by atoms with van der Waals surface area (Å²) in [5.41, 5.74) is 2.03. The fourth-order valence-corrected chi connectivity index (χ4v) is 3.28. The molecule has 0 N–H and O–H groups in total. The maximum Gasteiger partial charge on any atom is 0.253 e. The van der Waals surface area contributed by atoms with Crippen LogP contribution in [0.1, 0.15) is 22.8 Å². The minimum atomic E-state index is 0.125. The Labute approximate surface area is 160 Å². The third kappa shape index (κ3) is 4.77. The van der Waals surface area contributed by atoms with E-state index in [-0.39, 0.29) is 5.91 Å². The van der Waals surface area contributed by atoms with Crippen LogP contribution in [0.3, 0.4) is 0 Å². The fourth-order valence-electron chi connectivity index (χ4n) is 3.09. The van der Waals surface area contributed by atoms with Crippen molar-refractivity contribution in [1.29, 1.82) is 0 Å². The molecular weight excluding hydrogens is 348 g/mol. The molecule has 0 bridgehead atoms.